The summed E-state index contributed by atoms with van der Waals surface area (Å²) in [6.45, 7) is 3.63. The summed E-state index contributed by atoms with van der Waals surface area (Å²) < 4.78 is 6.32. The molecule has 0 amide bonds. The Labute approximate surface area is 121 Å². The summed E-state index contributed by atoms with van der Waals surface area (Å²) >= 11 is 3.41. The molecule has 1 N–H and O–H groups in total. The van der Waals surface area contributed by atoms with Gasteiger partial charge >= 0.3 is 5.97 Å². The van der Waals surface area contributed by atoms with E-state index in [1.165, 1.54) is 5.56 Å². The Hall–Kier alpha value is -0.910. The van der Waals surface area contributed by atoms with Crippen LogP contribution < -0.4 is 0 Å². The smallest absolute Gasteiger partial charge is 0.323 e. The maximum Gasteiger partial charge on any atom is 0.323 e. The number of morpholine rings is 1. The number of carboxylic acid groups (broad SMARTS) is 1. The second kappa shape index (κ2) is 6.50. The van der Waals surface area contributed by atoms with Gasteiger partial charge < -0.3 is 9.84 Å². The lowest BCUT2D eigenvalue weighted by Crippen LogP contribution is -2.54. The van der Waals surface area contributed by atoms with Crippen molar-refractivity contribution in [3.05, 3.63) is 34.3 Å². The molecule has 1 saturated heterocycles. The molecule has 0 aliphatic carbocycles. The van der Waals surface area contributed by atoms with Crippen molar-refractivity contribution in [3.63, 3.8) is 0 Å². The lowest BCUT2D eigenvalue weighted by molar-refractivity contribution is -0.151. The molecule has 1 aliphatic rings. The molecule has 0 radical (unpaired) electrons. The van der Waals surface area contributed by atoms with Crippen LogP contribution in [-0.4, -0.2) is 47.8 Å². The lowest BCUT2D eigenvalue weighted by atomic mass is 10.0. The minimum absolute atomic E-state index is 0.186. The minimum Gasteiger partial charge on any atom is -0.480 e. The number of carboxylic acids is 1. The first kappa shape index (κ1) is 14.5. The summed E-state index contributed by atoms with van der Waals surface area (Å²) in [6.07, 6.45) is 0.844. The molecule has 1 aromatic carbocycles. The fourth-order valence-electron chi connectivity index (χ4n) is 2.44. The third kappa shape index (κ3) is 3.78. The topological polar surface area (TPSA) is 49.8 Å². The number of ether oxygens (including phenoxy) is 1. The van der Waals surface area contributed by atoms with Gasteiger partial charge in [0, 0.05) is 17.1 Å². The van der Waals surface area contributed by atoms with Crippen LogP contribution in [0.2, 0.25) is 0 Å². The second-order valence-corrected chi connectivity index (χ2v) is 5.76. The Balaban J connectivity index is 2.03. The first-order chi connectivity index (χ1) is 9.08. The molecule has 0 saturated carbocycles. The molecule has 2 atom stereocenters. The normalized spacial score (nSPS) is 22.1. The van der Waals surface area contributed by atoms with E-state index in [0.29, 0.717) is 13.2 Å². The zero-order chi connectivity index (χ0) is 13.8. The van der Waals surface area contributed by atoms with Gasteiger partial charge in [0.05, 0.1) is 13.2 Å². The molecule has 1 aromatic rings. The number of halogens is 1. The highest BCUT2D eigenvalue weighted by atomic mass is 79.9. The summed E-state index contributed by atoms with van der Waals surface area (Å²) in [5.41, 5.74) is 1.21. The number of hydrogen-bond acceptors (Lipinski definition) is 3. The van der Waals surface area contributed by atoms with Gasteiger partial charge in [0.2, 0.25) is 0 Å². The van der Waals surface area contributed by atoms with E-state index < -0.39 is 12.0 Å². The van der Waals surface area contributed by atoms with Crippen molar-refractivity contribution >= 4 is 21.9 Å². The number of carbonyl (C=O) groups is 1. The average molecular weight is 328 g/mol. The number of nitrogens with zero attached hydrogens (tertiary/aromatic N) is 1. The van der Waals surface area contributed by atoms with Gasteiger partial charge in [0.15, 0.2) is 0 Å². The molecule has 0 bridgehead atoms. The Bertz CT molecular complexity index is 435. The lowest BCUT2D eigenvalue weighted by Gasteiger charge is -2.37. The summed E-state index contributed by atoms with van der Waals surface area (Å²) in [6, 6.07) is 7.81. The first-order valence-corrected chi connectivity index (χ1v) is 7.18. The largest absolute Gasteiger partial charge is 0.480 e. The van der Waals surface area contributed by atoms with E-state index in [1.54, 1.807) is 0 Å². The zero-order valence-electron chi connectivity index (χ0n) is 10.9. The predicted molar refractivity (Wildman–Crippen MR) is 76.3 cm³/mol. The molecule has 4 nitrogen and oxygen atoms in total. The molecule has 19 heavy (non-hydrogen) atoms. The molecule has 104 valence electrons. The maximum atomic E-state index is 11.2. The third-order valence-electron chi connectivity index (χ3n) is 3.47. The molecule has 2 rings (SSSR count). The summed E-state index contributed by atoms with van der Waals surface area (Å²) in [5.74, 6) is -0.803. The average Bonchev–Trinajstić information content (AvgIpc) is 2.41. The van der Waals surface area contributed by atoms with E-state index in [9.17, 15) is 9.90 Å². The van der Waals surface area contributed by atoms with E-state index in [4.69, 9.17) is 4.74 Å². The summed E-state index contributed by atoms with van der Waals surface area (Å²) in [7, 11) is 0. The monoisotopic (exact) mass is 327 g/mol. The van der Waals surface area contributed by atoms with E-state index >= 15 is 0 Å². The Morgan fingerprint density at radius 3 is 2.84 bits per heavy atom. The molecule has 0 aromatic heterocycles. The maximum absolute atomic E-state index is 11.2. The molecule has 1 fully saturated rings. The van der Waals surface area contributed by atoms with Gasteiger partial charge in [-0.15, -0.1) is 0 Å². The highest BCUT2D eigenvalue weighted by Crippen LogP contribution is 2.17. The minimum atomic E-state index is -0.803. The SMILES string of the molecule is CC(Cc1ccc(Br)cc1)N1CCOCC1C(=O)O. The standard InChI is InChI=1S/C14H18BrNO3/c1-10(8-11-2-4-12(15)5-3-11)16-6-7-19-9-13(16)14(17)18/h2-5,10,13H,6-9H2,1H3,(H,17,18). The van der Waals surface area contributed by atoms with Crippen molar-refractivity contribution in [1.82, 2.24) is 4.90 Å². The van der Waals surface area contributed by atoms with Gasteiger partial charge in [-0.3, -0.25) is 9.69 Å². The quantitative estimate of drug-likeness (QED) is 0.920. The van der Waals surface area contributed by atoms with Gasteiger partial charge in [-0.2, -0.15) is 0 Å². The molecular formula is C14H18BrNO3. The van der Waals surface area contributed by atoms with Crippen LogP contribution in [0.3, 0.4) is 0 Å². The summed E-state index contributed by atoms with van der Waals surface area (Å²) in [4.78, 5) is 13.3. The van der Waals surface area contributed by atoms with Crippen molar-refractivity contribution in [2.24, 2.45) is 0 Å². The van der Waals surface area contributed by atoms with Crippen molar-refractivity contribution in [1.29, 1.82) is 0 Å². The Morgan fingerprint density at radius 2 is 2.21 bits per heavy atom. The predicted octanol–water partition coefficient (Wildman–Crippen LogP) is 2.17. The fraction of sp³-hybridized carbons (Fsp3) is 0.500. The second-order valence-electron chi connectivity index (χ2n) is 4.85. The van der Waals surface area contributed by atoms with Gasteiger partial charge in [-0.25, -0.2) is 0 Å². The van der Waals surface area contributed by atoms with Crippen molar-refractivity contribution in [3.8, 4) is 0 Å². The molecule has 1 aliphatic heterocycles. The van der Waals surface area contributed by atoms with Crippen LogP contribution >= 0.6 is 15.9 Å². The molecular weight excluding hydrogens is 310 g/mol. The highest BCUT2D eigenvalue weighted by Gasteiger charge is 2.32. The highest BCUT2D eigenvalue weighted by molar-refractivity contribution is 9.10. The van der Waals surface area contributed by atoms with Crippen LogP contribution in [-0.2, 0) is 16.0 Å². The first-order valence-electron chi connectivity index (χ1n) is 6.38. The molecule has 0 spiro atoms. The number of hydrogen-bond donors (Lipinski definition) is 1. The van der Waals surface area contributed by atoms with Gasteiger partial charge in [0.25, 0.3) is 0 Å². The van der Waals surface area contributed by atoms with E-state index in [-0.39, 0.29) is 12.6 Å². The molecule has 5 heteroatoms. The van der Waals surface area contributed by atoms with E-state index in [2.05, 4.69) is 35.0 Å². The van der Waals surface area contributed by atoms with Crippen LogP contribution in [0.5, 0.6) is 0 Å². The number of aliphatic carboxylic acids is 1. The third-order valence-corrected chi connectivity index (χ3v) is 3.99. The van der Waals surface area contributed by atoms with Crippen LogP contribution in [0, 0.1) is 0 Å². The van der Waals surface area contributed by atoms with Crippen molar-refractivity contribution in [2.75, 3.05) is 19.8 Å². The molecule has 2 unspecified atom stereocenters. The van der Waals surface area contributed by atoms with Gasteiger partial charge in [-0.1, -0.05) is 28.1 Å². The van der Waals surface area contributed by atoms with Crippen LogP contribution in [0.15, 0.2) is 28.7 Å². The zero-order valence-corrected chi connectivity index (χ0v) is 12.5. The van der Waals surface area contributed by atoms with Gasteiger partial charge in [0.1, 0.15) is 6.04 Å². The van der Waals surface area contributed by atoms with Gasteiger partial charge in [-0.05, 0) is 31.0 Å². The van der Waals surface area contributed by atoms with E-state index in [0.717, 1.165) is 10.9 Å². The van der Waals surface area contributed by atoms with Crippen molar-refractivity contribution < 1.29 is 14.6 Å². The van der Waals surface area contributed by atoms with Crippen LogP contribution in [0.25, 0.3) is 0 Å². The number of benzene rings is 1. The van der Waals surface area contributed by atoms with Crippen LogP contribution in [0.4, 0.5) is 0 Å². The summed E-state index contributed by atoms with van der Waals surface area (Å²) in [5, 5.41) is 9.23. The van der Waals surface area contributed by atoms with Crippen LogP contribution in [0.1, 0.15) is 12.5 Å². The number of rotatable bonds is 4. The Kier molecular flexibility index (Phi) is 4.96. The fourth-order valence-corrected chi connectivity index (χ4v) is 2.70. The Morgan fingerprint density at radius 1 is 1.53 bits per heavy atom. The van der Waals surface area contributed by atoms with E-state index in [1.807, 2.05) is 17.0 Å². The van der Waals surface area contributed by atoms with Crippen molar-refractivity contribution in [2.45, 2.75) is 25.4 Å². The molecule has 1 heterocycles.